The van der Waals surface area contributed by atoms with E-state index in [-0.39, 0.29) is 17.1 Å². The van der Waals surface area contributed by atoms with Gasteiger partial charge < -0.3 is 14.8 Å². The minimum Gasteiger partial charge on any atom is -0.497 e. The van der Waals surface area contributed by atoms with Gasteiger partial charge in [0.25, 0.3) is 0 Å². The highest BCUT2D eigenvalue weighted by Crippen LogP contribution is 2.35. The first-order valence-corrected chi connectivity index (χ1v) is 9.95. The van der Waals surface area contributed by atoms with Crippen molar-refractivity contribution in [3.8, 4) is 5.75 Å². The van der Waals surface area contributed by atoms with Crippen LogP contribution in [0.4, 0.5) is 4.39 Å². The normalized spacial score (nSPS) is 16.1. The second-order valence-electron chi connectivity index (χ2n) is 6.84. The molecule has 1 heterocycles. The van der Waals surface area contributed by atoms with Crippen LogP contribution >= 0.6 is 15.9 Å². The number of hydrogen-bond acceptors (Lipinski definition) is 3. The molecule has 0 bridgehead atoms. The van der Waals surface area contributed by atoms with Gasteiger partial charge in [-0.3, -0.25) is 4.79 Å². The van der Waals surface area contributed by atoms with Gasteiger partial charge in [0.2, 0.25) is 5.91 Å². The first-order valence-electron chi connectivity index (χ1n) is 9.16. The summed E-state index contributed by atoms with van der Waals surface area (Å²) >= 11 is 3.31. The van der Waals surface area contributed by atoms with E-state index in [1.165, 1.54) is 18.2 Å². The molecule has 4 nitrogen and oxygen atoms in total. The van der Waals surface area contributed by atoms with Crippen LogP contribution in [0, 0.1) is 5.82 Å². The number of methoxy groups -OCH3 is 1. The lowest BCUT2D eigenvalue weighted by Crippen LogP contribution is -2.44. The summed E-state index contributed by atoms with van der Waals surface area (Å²) in [7, 11) is 1.64. The summed E-state index contributed by atoms with van der Waals surface area (Å²) in [6.45, 7) is 1.80. The Kier molecular flexibility index (Phi) is 6.86. The predicted octanol–water partition coefficient (Wildman–Crippen LogP) is 4.47. The number of carbonyl (C=O) groups excluding carboxylic acids is 1. The fourth-order valence-corrected chi connectivity index (χ4v) is 3.78. The van der Waals surface area contributed by atoms with Gasteiger partial charge in [0.1, 0.15) is 11.6 Å². The third-order valence-corrected chi connectivity index (χ3v) is 5.62. The van der Waals surface area contributed by atoms with E-state index in [2.05, 4.69) is 21.2 Å². The van der Waals surface area contributed by atoms with Crippen LogP contribution in [-0.4, -0.2) is 32.8 Å². The lowest BCUT2D eigenvalue weighted by atomic mass is 9.74. The van der Waals surface area contributed by atoms with Crippen molar-refractivity contribution in [3.63, 3.8) is 0 Å². The van der Waals surface area contributed by atoms with E-state index >= 15 is 0 Å². The zero-order valence-electron chi connectivity index (χ0n) is 15.7. The molecule has 1 amide bonds. The summed E-state index contributed by atoms with van der Waals surface area (Å²) in [6, 6.07) is 12.6. The van der Waals surface area contributed by atoms with Gasteiger partial charge in [0.15, 0.2) is 0 Å². The maximum atomic E-state index is 13.8. The van der Waals surface area contributed by atoms with Gasteiger partial charge in [0, 0.05) is 41.3 Å². The van der Waals surface area contributed by atoms with E-state index < -0.39 is 0 Å². The molecule has 0 spiro atoms. The summed E-state index contributed by atoms with van der Waals surface area (Å²) in [4.78, 5) is 12.3. The van der Waals surface area contributed by atoms with Crippen LogP contribution in [0.2, 0.25) is 0 Å². The molecule has 6 heteroatoms. The van der Waals surface area contributed by atoms with Crippen molar-refractivity contribution in [2.24, 2.45) is 0 Å². The summed E-state index contributed by atoms with van der Waals surface area (Å²) in [6.07, 6.45) is 4.50. The standard InChI is InChI=1S/C22H23BrFNO3/c1-27-19-6-3-17(4-7-19)22(10-12-28-13-11-22)15-25-21(26)9-2-16-14-18(23)5-8-20(16)24/h2-9,14H,10-13,15H2,1H3,(H,25,26)/b9-2+. The molecule has 1 aliphatic heterocycles. The highest BCUT2D eigenvalue weighted by molar-refractivity contribution is 9.10. The molecule has 0 aromatic heterocycles. The molecule has 0 atom stereocenters. The Hall–Kier alpha value is -2.18. The third kappa shape index (κ3) is 5.00. The lowest BCUT2D eigenvalue weighted by Gasteiger charge is -2.38. The van der Waals surface area contributed by atoms with Crippen molar-refractivity contribution in [1.29, 1.82) is 0 Å². The summed E-state index contributed by atoms with van der Waals surface area (Å²) in [5.74, 6) is 0.180. The first-order chi connectivity index (χ1) is 13.5. The fraction of sp³-hybridized carbons (Fsp3) is 0.318. The van der Waals surface area contributed by atoms with Crippen molar-refractivity contribution in [2.45, 2.75) is 18.3 Å². The van der Waals surface area contributed by atoms with Crippen LogP contribution in [0.5, 0.6) is 5.75 Å². The van der Waals surface area contributed by atoms with Crippen molar-refractivity contribution in [3.05, 3.63) is 70.0 Å². The van der Waals surface area contributed by atoms with E-state index in [1.807, 2.05) is 24.3 Å². The summed E-state index contributed by atoms with van der Waals surface area (Å²) in [5, 5.41) is 2.98. The Morgan fingerprint density at radius 3 is 2.64 bits per heavy atom. The quantitative estimate of drug-likeness (QED) is 0.664. The van der Waals surface area contributed by atoms with Crippen LogP contribution in [0.25, 0.3) is 6.08 Å². The first kappa shape index (κ1) is 20.6. The van der Waals surface area contributed by atoms with Crippen molar-refractivity contribution < 1.29 is 18.7 Å². The second kappa shape index (κ2) is 9.34. The molecule has 2 aromatic carbocycles. The Balaban J connectivity index is 1.70. The van der Waals surface area contributed by atoms with Crippen LogP contribution < -0.4 is 10.1 Å². The highest BCUT2D eigenvalue weighted by Gasteiger charge is 2.34. The van der Waals surface area contributed by atoms with Crippen LogP contribution in [-0.2, 0) is 14.9 Å². The molecule has 0 radical (unpaired) electrons. The van der Waals surface area contributed by atoms with E-state index in [4.69, 9.17) is 9.47 Å². The molecule has 3 rings (SSSR count). The van der Waals surface area contributed by atoms with Gasteiger partial charge in [-0.2, -0.15) is 0 Å². The molecule has 0 unspecified atom stereocenters. The summed E-state index contributed by atoms with van der Waals surface area (Å²) in [5.41, 5.74) is 1.33. The van der Waals surface area contributed by atoms with E-state index in [0.717, 1.165) is 28.6 Å². The van der Waals surface area contributed by atoms with Gasteiger partial charge in [-0.05, 0) is 54.8 Å². The van der Waals surface area contributed by atoms with Crippen LogP contribution in [0.3, 0.4) is 0 Å². The highest BCUT2D eigenvalue weighted by atomic mass is 79.9. The fourth-order valence-electron chi connectivity index (χ4n) is 3.40. The molecule has 148 valence electrons. The SMILES string of the molecule is COc1ccc(C2(CNC(=O)/C=C/c3cc(Br)ccc3F)CCOCC2)cc1. The maximum Gasteiger partial charge on any atom is 0.244 e. The second-order valence-corrected chi connectivity index (χ2v) is 7.75. The lowest BCUT2D eigenvalue weighted by molar-refractivity contribution is -0.116. The maximum absolute atomic E-state index is 13.8. The zero-order chi connectivity index (χ0) is 20.0. The van der Waals surface area contributed by atoms with E-state index in [1.54, 1.807) is 19.2 Å². The number of ether oxygens (including phenoxy) is 2. The average Bonchev–Trinajstić information content (AvgIpc) is 2.73. The van der Waals surface area contributed by atoms with E-state index in [9.17, 15) is 9.18 Å². The topological polar surface area (TPSA) is 47.6 Å². The van der Waals surface area contributed by atoms with Crippen LogP contribution in [0.1, 0.15) is 24.0 Å². The Labute approximate surface area is 172 Å². The number of halogens is 2. The number of amides is 1. The van der Waals surface area contributed by atoms with Crippen LogP contribution in [0.15, 0.2) is 53.0 Å². The minimum atomic E-state index is -0.369. The largest absolute Gasteiger partial charge is 0.497 e. The number of nitrogens with one attached hydrogen (secondary N) is 1. The summed E-state index contributed by atoms with van der Waals surface area (Å²) < 4.78 is 25.3. The van der Waals surface area contributed by atoms with Gasteiger partial charge in [0.05, 0.1) is 7.11 Å². The smallest absolute Gasteiger partial charge is 0.244 e. The average molecular weight is 448 g/mol. The Bertz CT molecular complexity index is 845. The zero-order valence-corrected chi connectivity index (χ0v) is 17.3. The number of benzene rings is 2. The molecule has 0 aliphatic carbocycles. The number of rotatable bonds is 6. The third-order valence-electron chi connectivity index (χ3n) is 5.13. The Morgan fingerprint density at radius 1 is 1.25 bits per heavy atom. The molecular formula is C22H23BrFNO3. The van der Waals surface area contributed by atoms with Crippen molar-refractivity contribution in [1.82, 2.24) is 5.32 Å². The van der Waals surface area contributed by atoms with Crippen molar-refractivity contribution >= 4 is 27.9 Å². The molecule has 1 aliphatic rings. The predicted molar refractivity (Wildman–Crippen MR) is 111 cm³/mol. The van der Waals surface area contributed by atoms with Gasteiger partial charge in [-0.1, -0.05) is 28.1 Å². The molecule has 1 N–H and O–H groups in total. The molecule has 1 fully saturated rings. The van der Waals surface area contributed by atoms with Crippen molar-refractivity contribution in [2.75, 3.05) is 26.9 Å². The number of carbonyl (C=O) groups is 1. The monoisotopic (exact) mass is 447 g/mol. The van der Waals surface area contributed by atoms with Gasteiger partial charge in [-0.15, -0.1) is 0 Å². The van der Waals surface area contributed by atoms with Gasteiger partial charge >= 0.3 is 0 Å². The number of hydrogen-bond donors (Lipinski definition) is 1. The van der Waals surface area contributed by atoms with Gasteiger partial charge in [-0.25, -0.2) is 4.39 Å². The molecule has 28 heavy (non-hydrogen) atoms. The Morgan fingerprint density at radius 2 is 1.96 bits per heavy atom. The molecule has 1 saturated heterocycles. The molecule has 0 saturated carbocycles. The molecular weight excluding hydrogens is 425 g/mol. The van der Waals surface area contributed by atoms with E-state index in [0.29, 0.717) is 25.3 Å². The molecule has 2 aromatic rings. The minimum absolute atomic E-state index is 0.185.